The molecular formula is C17H19ClN2O4S. The Labute approximate surface area is 152 Å². The zero-order chi connectivity index (χ0) is 18.4. The van der Waals surface area contributed by atoms with E-state index in [2.05, 4.69) is 10.3 Å². The summed E-state index contributed by atoms with van der Waals surface area (Å²) in [6.45, 7) is 2.49. The molecule has 1 aromatic heterocycles. The summed E-state index contributed by atoms with van der Waals surface area (Å²) in [5, 5.41) is 3.03. The number of hydrogen-bond acceptors (Lipinski definition) is 5. The van der Waals surface area contributed by atoms with Gasteiger partial charge in [0.2, 0.25) is 0 Å². The highest BCUT2D eigenvalue weighted by Crippen LogP contribution is 2.29. The molecule has 0 radical (unpaired) electrons. The number of rotatable bonds is 7. The normalized spacial score (nSPS) is 11.2. The summed E-state index contributed by atoms with van der Waals surface area (Å²) >= 11 is 5.91. The maximum atomic E-state index is 12.7. The van der Waals surface area contributed by atoms with Crippen molar-refractivity contribution in [2.24, 2.45) is 0 Å². The number of hydrogen-bond donors (Lipinski definition) is 1. The fourth-order valence-electron chi connectivity index (χ4n) is 2.22. The Morgan fingerprint density at radius 2 is 2.04 bits per heavy atom. The summed E-state index contributed by atoms with van der Waals surface area (Å²) in [6.07, 6.45) is 3.63. The van der Waals surface area contributed by atoms with E-state index >= 15 is 0 Å². The molecule has 8 heteroatoms. The van der Waals surface area contributed by atoms with Crippen molar-refractivity contribution in [3.8, 4) is 5.75 Å². The number of ether oxygens (including phenoxy) is 1. The standard InChI is InChI=1S/C17H19ClN2O4S/c1-3-6-20-17(21)13-7-12(9-19-10-13)11-25(22,23)16-8-14(18)4-5-15(16)24-2/h4-5,7-10H,3,6,11H2,1-2H3,(H,20,21). The van der Waals surface area contributed by atoms with E-state index in [1.807, 2.05) is 6.92 Å². The van der Waals surface area contributed by atoms with Gasteiger partial charge < -0.3 is 10.1 Å². The van der Waals surface area contributed by atoms with Crippen LogP contribution in [-0.4, -0.2) is 33.0 Å². The quantitative estimate of drug-likeness (QED) is 0.795. The summed E-state index contributed by atoms with van der Waals surface area (Å²) in [6, 6.07) is 5.93. The number of nitrogens with zero attached hydrogens (tertiary/aromatic N) is 1. The van der Waals surface area contributed by atoms with Crippen LogP contribution in [0.15, 0.2) is 41.6 Å². The molecule has 0 atom stereocenters. The van der Waals surface area contributed by atoms with Crippen LogP contribution in [0, 0.1) is 0 Å². The first kappa shape index (κ1) is 19.2. The van der Waals surface area contributed by atoms with Crippen molar-refractivity contribution in [2.75, 3.05) is 13.7 Å². The summed E-state index contributed by atoms with van der Waals surface area (Å²) in [4.78, 5) is 16.0. The lowest BCUT2D eigenvalue weighted by Gasteiger charge is -2.10. The number of sulfone groups is 1. The highest BCUT2D eigenvalue weighted by molar-refractivity contribution is 7.90. The molecule has 0 saturated carbocycles. The average molecular weight is 383 g/mol. The van der Waals surface area contributed by atoms with Gasteiger partial charge in [-0.3, -0.25) is 9.78 Å². The number of aromatic nitrogens is 1. The van der Waals surface area contributed by atoms with Crippen molar-refractivity contribution in [3.63, 3.8) is 0 Å². The van der Waals surface area contributed by atoms with Crippen LogP contribution in [0.1, 0.15) is 29.3 Å². The highest BCUT2D eigenvalue weighted by Gasteiger charge is 2.21. The third-order valence-electron chi connectivity index (χ3n) is 3.41. The summed E-state index contributed by atoms with van der Waals surface area (Å²) in [5.41, 5.74) is 0.727. The third kappa shape index (κ3) is 4.93. The first-order valence-corrected chi connectivity index (χ1v) is 9.69. The minimum absolute atomic E-state index is 0.00309. The molecule has 0 aliphatic heterocycles. The van der Waals surface area contributed by atoms with Gasteiger partial charge in [0.15, 0.2) is 9.84 Å². The van der Waals surface area contributed by atoms with E-state index in [1.54, 1.807) is 6.07 Å². The highest BCUT2D eigenvalue weighted by atomic mass is 35.5. The molecule has 6 nitrogen and oxygen atoms in total. The smallest absolute Gasteiger partial charge is 0.252 e. The Balaban J connectivity index is 2.30. The lowest BCUT2D eigenvalue weighted by atomic mass is 10.2. The largest absolute Gasteiger partial charge is 0.495 e. The van der Waals surface area contributed by atoms with E-state index in [-0.39, 0.29) is 22.3 Å². The Morgan fingerprint density at radius 1 is 1.28 bits per heavy atom. The number of halogens is 1. The predicted molar refractivity (Wildman–Crippen MR) is 95.8 cm³/mol. The third-order valence-corrected chi connectivity index (χ3v) is 5.35. The molecule has 0 aliphatic rings. The maximum absolute atomic E-state index is 12.7. The van der Waals surface area contributed by atoms with Crippen LogP contribution in [0.3, 0.4) is 0 Å². The Morgan fingerprint density at radius 3 is 2.72 bits per heavy atom. The van der Waals surface area contributed by atoms with Gasteiger partial charge in [0.25, 0.3) is 5.91 Å². The molecule has 0 bridgehead atoms. The molecule has 25 heavy (non-hydrogen) atoms. The van der Waals surface area contributed by atoms with Gasteiger partial charge in [-0.1, -0.05) is 18.5 Å². The summed E-state index contributed by atoms with van der Waals surface area (Å²) < 4.78 is 30.6. The molecular weight excluding hydrogens is 364 g/mol. The molecule has 2 rings (SSSR count). The maximum Gasteiger partial charge on any atom is 0.252 e. The second-order valence-electron chi connectivity index (χ2n) is 5.39. The molecule has 0 unspecified atom stereocenters. The SMILES string of the molecule is CCCNC(=O)c1cncc(CS(=O)(=O)c2cc(Cl)ccc2OC)c1. The fraction of sp³-hybridized carbons (Fsp3) is 0.294. The molecule has 1 heterocycles. The van der Waals surface area contributed by atoms with Crippen LogP contribution >= 0.6 is 11.6 Å². The van der Waals surface area contributed by atoms with Crippen molar-refractivity contribution >= 4 is 27.3 Å². The van der Waals surface area contributed by atoms with E-state index in [0.29, 0.717) is 22.7 Å². The zero-order valence-electron chi connectivity index (χ0n) is 14.0. The number of methoxy groups -OCH3 is 1. The van der Waals surface area contributed by atoms with Gasteiger partial charge in [-0.25, -0.2) is 8.42 Å². The van der Waals surface area contributed by atoms with E-state index < -0.39 is 9.84 Å². The Bertz CT molecular complexity index is 869. The van der Waals surface area contributed by atoms with Gasteiger partial charge in [-0.2, -0.15) is 0 Å². The molecule has 0 saturated heterocycles. The lowest BCUT2D eigenvalue weighted by Crippen LogP contribution is -2.24. The van der Waals surface area contributed by atoms with E-state index in [1.165, 1.54) is 37.7 Å². The Hall–Kier alpha value is -2.12. The van der Waals surface area contributed by atoms with Crippen LogP contribution in [-0.2, 0) is 15.6 Å². The van der Waals surface area contributed by atoms with Gasteiger partial charge in [-0.15, -0.1) is 0 Å². The molecule has 1 amide bonds. The number of pyridine rings is 1. The monoisotopic (exact) mass is 382 g/mol. The van der Waals surface area contributed by atoms with Gasteiger partial charge >= 0.3 is 0 Å². The van der Waals surface area contributed by atoms with Crippen LogP contribution in [0.25, 0.3) is 0 Å². The molecule has 0 fully saturated rings. The molecule has 2 aromatic rings. The molecule has 0 spiro atoms. The van der Waals surface area contributed by atoms with Crippen molar-refractivity contribution in [2.45, 2.75) is 24.0 Å². The molecule has 134 valence electrons. The van der Waals surface area contributed by atoms with Crippen LogP contribution in [0.4, 0.5) is 0 Å². The number of amides is 1. The van der Waals surface area contributed by atoms with Crippen molar-refractivity contribution in [3.05, 3.63) is 52.8 Å². The van der Waals surface area contributed by atoms with Gasteiger partial charge in [-0.05, 0) is 36.2 Å². The number of carbonyl (C=O) groups is 1. The number of nitrogens with one attached hydrogen (secondary N) is 1. The first-order chi connectivity index (χ1) is 11.9. The molecule has 0 aliphatic carbocycles. The van der Waals surface area contributed by atoms with Crippen molar-refractivity contribution in [1.29, 1.82) is 0 Å². The Kier molecular flexibility index (Phi) is 6.39. The number of carbonyl (C=O) groups excluding carboxylic acids is 1. The minimum Gasteiger partial charge on any atom is -0.495 e. The minimum atomic E-state index is -3.72. The average Bonchev–Trinajstić information content (AvgIpc) is 2.59. The van der Waals surface area contributed by atoms with Crippen LogP contribution < -0.4 is 10.1 Å². The summed E-state index contributed by atoms with van der Waals surface area (Å²) in [5.74, 6) is -0.380. The number of benzene rings is 1. The first-order valence-electron chi connectivity index (χ1n) is 7.65. The van der Waals surface area contributed by atoms with Crippen LogP contribution in [0.5, 0.6) is 5.75 Å². The zero-order valence-corrected chi connectivity index (χ0v) is 15.5. The van der Waals surface area contributed by atoms with Gasteiger partial charge in [0.05, 0.1) is 18.4 Å². The van der Waals surface area contributed by atoms with Crippen molar-refractivity contribution in [1.82, 2.24) is 10.3 Å². The van der Waals surface area contributed by atoms with E-state index in [9.17, 15) is 13.2 Å². The predicted octanol–water partition coefficient (Wildman–Crippen LogP) is 2.86. The fourth-order valence-corrected chi connectivity index (χ4v) is 3.98. The van der Waals surface area contributed by atoms with Crippen LogP contribution in [0.2, 0.25) is 5.02 Å². The molecule has 1 N–H and O–H groups in total. The second-order valence-corrected chi connectivity index (χ2v) is 7.79. The lowest BCUT2D eigenvalue weighted by molar-refractivity contribution is 0.0953. The second kappa shape index (κ2) is 8.31. The molecule has 1 aromatic carbocycles. The topological polar surface area (TPSA) is 85.4 Å². The van der Waals surface area contributed by atoms with Gasteiger partial charge in [0.1, 0.15) is 10.6 Å². The summed E-state index contributed by atoms with van der Waals surface area (Å²) in [7, 11) is -2.33. The van der Waals surface area contributed by atoms with Crippen molar-refractivity contribution < 1.29 is 17.9 Å². The van der Waals surface area contributed by atoms with E-state index in [4.69, 9.17) is 16.3 Å². The van der Waals surface area contributed by atoms with Gasteiger partial charge in [0, 0.05) is 24.0 Å². The van der Waals surface area contributed by atoms with E-state index in [0.717, 1.165) is 6.42 Å².